The highest BCUT2D eigenvalue weighted by Gasteiger charge is 2.67. The van der Waals surface area contributed by atoms with Gasteiger partial charge in [0.25, 0.3) is 0 Å². The number of anilines is 1. The molecule has 2 amide bonds. The Labute approximate surface area is 141 Å². The highest BCUT2D eigenvalue weighted by atomic mass is 35.5. The molecular weight excluding hydrogens is 338 g/mol. The number of aliphatic hydroxyl groups excluding tert-OH is 1. The summed E-state index contributed by atoms with van der Waals surface area (Å²) >= 11 is 5.80. The fraction of sp³-hybridized carbons (Fsp3) is 0.312. The SMILES string of the molecule is O=C([O-])c1cc(N2C(=O)C3C4C=CC(CO)(O4)C3C2=O)ccc1Cl. The molecule has 4 atom stereocenters. The lowest BCUT2D eigenvalue weighted by molar-refractivity contribution is -0.255. The van der Waals surface area contributed by atoms with Gasteiger partial charge in [0.2, 0.25) is 11.8 Å². The Balaban J connectivity index is 1.77. The van der Waals surface area contributed by atoms with Gasteiger partial charge in [-0.1, -0.05) is 23.8 Å². The molecule has 0 aliphatic carbocycles. The van der Waals surface area contributed by atoms with Crippen molar-refractivity contribution in [3.63, 3.8) is 0 Å². The summed E-state index contributed by atoms with van der Waals surface area (Å²) in [5.74, 6) is -4.07. The highest BCUT2D eigenvalue weighted by Crippen LogP contribution is 2.52. The van der Waals surface area contributed by atoms with Crippen LogP contribution in [0.5, 0.6) is 0 Å². The van der Waals surface area contributed by atoms with E-state index in [0.717, 1.165) is 11.0 Å². The second-order valence-electron chi connectivity index (χ2n) is 6.02. The molecule has 4 unspecified atom stereocenters. The molecule has 0 spiro atoms. The van der Waals surface area contributed by atoms with Crippen LogP contribution in [-0.4, -0.2) is 41.2 Å². The number of carbonyl (C=O) groups is 3. The lowest BCUT2D eigenvalue weighted by Crippen LogP contribution is -2.43. The van der Waals surface area contributed by atoms with Crippen molar-refractivity contribution in [1.29, 1.82) is 0 Å². The second kappa shape index (κ2) is 4.89. The number of hydrogen-bond donors (Lipinski definition) is 1. The van der Waals surface area contributed by atoms with Crippen molar-refractivity contribution in [3.05, 3.63) is 40.9 Å². The zero-order valence-electron chi connectivity index (χ0n) is 12.1. The summed E-state index contributed by atoms with van der Waals surface area (Å²) in [4.78, 5) is 37.6. The van der Waals surface area contributed by atoms with E-state index in [9.17, 15) is 24.6 Å². The van der Waals surface area contributed by atoms with Gasteiger partial charge in [0.1, 0.15) is 5.60 Å². The smallest absolute Gasteiger partial charge is 0.241 e. The Morgan fingerprint density at radius 1 is 1.38 bits per heavy atom. The van der Waals surface area contributed by atoms with Crippen LogP contribution in [0.2, 0.25) is 5.02 Å². The lowest BCUT2D eigenvalue weighted by atomic mass is 9.77. The number of imide groups is 1. The third-order valence-electron chi connectivity index (χ3n) is 4.83. The van der Waals surface area contributed by atoms with E-state index in [1.807, 2.05) is 0 Å². The molecule has 0 saturated carbocycles. The van der Waals surface area contributed by atoms with E-state index < -0.39 is 47.9 Å². The predicted molar refractivity (Wildman–Crippen MR) is 79.1 cm³/mol. The van der Waals surface area contributed by atoms with E-state index in [0.29, 0.717) is 0 Å². The maximum atomic E-state index is 12.8. The molecule has 1 aromatic rings. The van der Waals surface area contributed by atoms with Crippen LogP contribution in [0, 0.1) is 11.8 Å². The second-order valence-corrected chi connectivity index (χ2v) is 6.43. The average Bonchev–Trinajstić information content (AvgIpc) is 3.19. The van der Waals surface area contributed by atoms with Gasteiger partial charge >= 0.3 is 0 Å². The monoisotopic (exact) mass is 348 g/mol. The van der Waals surface area contributed by atoms with Crippen LogP contribution in [0.15, 0.2) is 30.4 Å². The van der Waals surface area contributed by atoms with E-state index in [4.69, 9.17) is 16.3 Å². The minimum Gasteiger partial charge on any atom is -0.545 e. The van der Waals surface area contributed by atoms with Crippen molar-refractivity contribution in [3.8, 4) is 0 Å². The maximum Gasteiger partial charge on any atom is 0.241 e. The highest BCUT2D eigenvalue weighted by molar-refractivity contribution is 6.33. The topological polar surface area (TPSA) is 107 Å². The van der Waals surface area contributed by atoms with E-state index >= 15 is 0 Å². The van der Waals surface area contributed by atoms with Gasteiger partial charge in [-0.05, 0) is 18.2 Å². The number of nitrogens with zero attached hydrogens (tertiary/aromatic N) is 1. The molecule has 1 aromatic carbocycles. The molecule has 124 valence electrons. The fourth-order valence-electron chi connectivity index (χ4n) is 3.75. The van der Waals surface area contributed by atoms with E-state index in [2.05, 4.69) is 0 Å². The van der Waals surface area contributed by atoms with Gasteiger partial charge in [0.05, 0.1) is 36.2 Å². The van der Waals surface area contributed by atoms with E-state index in [1.165, 1.54) is 12.1 Å². The molecule has 2 bridgehead atoms. The first-order valence-electron chi connectivity index (χ1n) is 7.26. The number of aliphatic hydroxyl groups is 1. The van der Waals surface area contributed by atoms with Gasteiger partial charge in [0.15, 0.2) is 0 Å². The first-order valence-corrected chi connectivity index (χ1v) is 7.64. The number of fused-ring (bicyclic) bond motifs is 5. The van der Waals surface area contributed by atoms with Gasteiger partial charge in [-0.25, -0.2) is 4.90 Å². The minimum absolute atomic E-state index is 0.0464. The molecule has 1 N–H and O–H groups in total. The molecular formula is C16H11ClNO6-. The van der Waals surface area contributed by atoms with Gasteiger partial charge in [-0.2, -0.15) is 0 Å². The third kappa shape index (κ3) is 1.77. The largest absolute Gasteiger partial charge is 0.545 e. The molecule has 2 saturated heterocycles. The number of rotatable bonds is 3. The van der Waals surface area contributed by atoms with Crippen molar-refractivity contribution in [2.45, 2.75) is 11.7 Å². The molecule has 0 radical (unpaired) electrons. The van der Waals surface area contributed by atoms with Crippen LogP contribution < -0.4 is 10.0 Å². The first kappa shape index (κ1) is 15.3. The number of amides is 2. The summed E-state index contributed by atoms with van der Waals surface area (Å²) in [6.45, 7) is -0.418. The molecule has 2 fully saturated rings. The van der Waals surface area contributed by atoms with Crippen molar-refractivity contribution in [2.24, 2.45) is 11.8 Å². The van der Waals surface area contributed by atoms with Crippen molar-refractivity contribution < 1.29 is 29.3 Å². The summed E-state index contributed by atoms with van der Waals surface area (Å²) < 4.78 is 5.63. The molecule has 3 aliphatic rings. The average molecular weight is 349 g/mol. The molecule has 3 aliphatic heterocycles. The van der Waals surface area contributed by atoms with Crippen molar-refractivity contribution >= 4 is 35.1 Å². The fourth-order valence-corrected chi connectivity index (χ4v) is 3.94. The minimum atomic E-state index is -1.50. The van der Waals surface area contributed by atoms with Crippen LogP contribution in [0.25, 0.3) is 0 Å². The van der Waals surface area contributed by atoms with E-state index in [1.54, 1.807) is 12.2 Å². The Bertz CT molecular complexity index is 821. The molecule has 0 aromatic heterocycles. The van der Waals surface area contributed by atoms with Crippen LogP contribution in [0.1, 0.15) is 10.4 Å². The van der Waals surface area contributed by atoms with Crippen LogP contribution in [0.3, 0.4) is 0 Å². The summed E-state index contributed by atoms with van der Waals surface area (Å²) in [6.07, 6.45) is 2.71. The van der Waals surface area contributed by atoms with Crippen molar-refractivity contribution in [2.75, 3.05) is 11.5 Å². The van der Waals surface area contributed by atoms with Gasteiger partial charge < -0.3 is 19.7 Å². The van der Waals surface area contributed by atoms with Gasteiger partial charge in [-0.3, -0.25) is 9.59 Å². The number of carboxylic acids is 1. The number of benzene rings is 1. The number of hydrogen-bond acceptors (Lipinski definition) is 6. The molecule has 4 rings (SSSR count). The maximum absolute atomic E-state index is 12.8. The Hall–Kier alpha value is -2.22. The Morgan fingerprint density at radius 2 is 2.12 bits per heavy atom. The summed E-state index contributed by atoms with van der Waals surface area (Å²) in [5, 5.41) is 20.7. The molecule has 8 heteroatoms. The number of carbonyl (C=O) groups excluding carboxylic acids is 3. The van der Waals surface area contributed by atoms with Crippen LogP contribution >= 0.6 is 11.6 Å². The van der Waals surface area contributed by atoms with Crippen molar-refractivity contribution in [1.82, 2.24) is 0 Å². The standard InChI is InChI=1S/C16H12ClNO6/c17-9-2-1-7(5-8(9)15(22)23)18-13(20)11-10-3-4-16(6-19,24-10)12(11)14(18)21/h1-5,10-12,19H,6H2,(H,22,23)/p-1. The van der Waals surface area contributed by atoms with Gasteiger partial charge in [-0.15, -0.1) is 0 Å². The van der Waals surface area contributed by atoms with E-state index in [-0.39, 0.29) is 16.3 Å². The third-order valence-corrected chi connectivity index (χ3v) is 5.16. The van der Waals surface area contributed by atoms with Crippen LogP contribution in [0.4, 0.5) is 5.69 Å². The number of aromatic carboxylic acids is 1. The number of carboxylic acid groups (broad SMARTS) is 1. The first-order chi connectivity index (χ1) is 11.4. The zero-order chi connectivity index (χ0) is 17.2. The molecule has 24 heavy (non-hydrogen) atoms. The normalized spacial score (nSPS) is 33.4. The van der Waals surface area contributed by atoms with Crippen LogP contribution in [-0.2, 0) is 14.3 Å². The number of ether oxygens (including phenoxy) is 1. The summed E-state index contributed by atoms with van der Waals surface area (Å²) in [7, 11) is 0. The summed E-state index contributed by atoms with van der Waals surface area (Å²) in [6, 6.07) is 3.83. The summed E-state index contributed by atoms with van der Waals surface area (Å²) in [5.41, 5.74) is -1.39. The quantitative estimate of drug-likeness (QED) is 0.583. The Kier molecular flexibility index (Phi) is 3.12. The lowest BCUT2D eigenvalue weighted by Gasteiger charge is -2.26. The predicted octanol–water partition coefficient (Wildman–Crippen LogP) is -0.491. The molecule has 7 nitrogen and oxygen atoms in total. The number of halogens is 1. The zero-order valence-corrected chi connectivity index (χ0v) is 12.9. The molecule has 3 heterocycles. The Morgan fingerprint density at radius 3 is 2.79 bits per heavy atom. The van der Waals surface area contributed by atoms with Gasteiger partial charge in [0, 0.05) is 10.6 Å².